The van der Waals surface area contributed by atoms with Crippen molar-refractivity contribution in [3.8, 4) is 28.3 Å². The first-order valence-electron chi connectivity index (χ1n) is 20.2. The Labute approximate surface area is 327 Å². The number of aliphatic imine (C=N–C) groups is 1. The molecular weight excluding hydrogens is 675 g/mol. The molecule has 55 heavy (non-hydrogen) atoms. The Hall–Kier alpha value is -4.90. The average Bonchev–Trinajstić information content (AvgIpc) is 3.86. The van der Waals surface area contributed by atoms with Crippen molar-refractivity contribution in [2.75, 3.05) is 6.61 Å². The smallest absolute Gasteiger partial charge is 0.216 e. The number of pyridine rings is 1. The molecule has 0 unspecified atom stereocenters. The van der Waals surface area contributed by atoms with Gasteiger partial charge in [-0.2, -0.15) is 0 Å². The third-order valence-corrected chi connectivity index (χ3v) is 12.2. The summed E-state index contributed by atoms with van der Waals surface area (Å²) >= 11 is 0. The number of hydrogen-bond acceptors (Lipinski definition) is 4. The Morgan fingerprint density at radius 1 is 0.727 bits per heavy atom. The van der Waals surface area contributed by atoms with E-state index >= 15 is 0 Å². The largest absolute Gasteiger partial charge is 0.475 e. The van der Waals surface area contributed by atoms with Crippen LogP contribution in [0.25, 0.3) is 38.8 Å². The molecule has 8 rings (SSSR count). The van der Waals surface area contributed by atoms with Crippen molar-refractivity contribution in [1.82, 2.24) is 9.55 Å². The van der Waals surface area contributed by atoms with E-state index in [0.29, 0.717) is 18.4 Å². The van der Waals surface area contributed by atoms with Gasteiger partial charge in [0, 0.05) is 28.6 Å². The van der Waals surface area contributed by atoms with Gasteiger partial charge in [0.15, 0.2) is 0 Å². The van der Waals surface area contributed by atoms with Crippen LogP contribution in [-0.4, -0.2) is 27.6 Å². The van der Waals surface area contributed by atoms with Crippen molar-refractivity contribution in [3.63, 3.8) is 0 Å². The predicted molar refractivity (Wildman–Crippen MR) is 230 cm³/mol. The van der Waals surface area contributed by atoms with Gasteiger partial charge in [0.25, 0.3) is 0 Å². The minimum absolute atomic E-state index is 0.0270. The molecule has 0 amide bonds. The maximum Gasteiger partial charge on any atom is 0.216 e. The summed E-state index contributed by atoms with van der Waals surface area (Å²) in [6, 6.07) is 26.8. The zero-order valence-electron chi connectivity index (χ0n) is 34.8. The van der Waals surface area contributed by atoms with Gasteiger partial charge in [0.2, 0.25) is 5.90 Å². The molecule has 3 heterocycles. The van der Waals surface area contributed by atoms with E-state index in [9.17, 15) is 0 Å². The first-order chi connectivity index (χ1) is 26.0. The lowest BCUT2D eigenvalue weighted by Gasteiger charge is -2.25. The van der Waals surface area contributed by atoms with Gasteiger partial charge in [-0.1, -0.05) is 78.1 Å². The van der Waals surface area contributed by atoms with E-state index in [1.54, 1.807) is 0 Å². The van der Waals surface area contributed by atoms with E-state index in [1.165, 1.54) is 75.4 Å². The normalized spacial score (nSPS) is 18.0. The highest BCUT2D eigenvalue weighted by Crippen LogP contribution is 2.42. The zero-order valence-corrected chi connectivity index (χ0v) is 34.8. The fourth-order valence-corrected chi connectivity index (χ4v) is 9.14. The Balaban J connectivity index is 1.30. The first kappa shape index (κ1) is 37.0. The highest BCUT2D eigenvalue weighted by Gasteiger charge is 2.41. The second-order valence-corrected chi connectivity index (χ2v) is 18.8. The molecule has 1 fully saturated rings. The molecule has 1 atom stereocenters. The Morgan fingerprint density at radius 3 is 2.09 bits per heavy atom. The predicted octanol–water partition coefficient (Wildman–Crippen LogP) is 13.2. The molecule has 0 radical (unpaired) electrons. The van der Waals surface area contributed by atoms with Gasteiger partial charge in [0.05, 0.1) is 16.7 Å². The van der Waals surface area contributed by atoms with E-state index in [0.717, 1.165) is 39.5 Å². The number of hydrogen-bond donors (Lipinski definition) is 0. The van der Waals surface area contributed by atoms with Crippen LogP contribution < -0.4 is 4.74 Å². The van der Waals surface area contributed by atoms with Crippen LogP contribution in [0.5, 0.6) is 11.5 Å². The van der Waals surface area contributed by atoms with Crippen LogP contribution in [0.3, 0.4) is 0 Å². The molecule has 4 aromatic carbocycles. The molecule has 0 bridgehead atoms. The molecule has 0 saturated heterocycles. The minimum atomic E-state index is -0.198. The van der Waals surface area contributed by atoms with Crippen LogP contribution in [0.4, 0.5) is 0 Å². The van der Waals surface area contributed by atoms with Crippen molar-refractivity contribution in [2.24, 2.45) is 10.9 Å². The lowest BCUT2D eigenvalue weighted by Crippen LogP contribution is -2.32. The lowest BCUT2D eigenvalue weighted by atomic mass is 9.86. The second kappa shape index (κ2) is 13.4. The number of nitrogens with zero attached hydrogens (tertiary/aromatic N) is 3. The molecular formula is C50H57N3O2. The number of aromatic nitrogens is 2. The van der Waals surface area contributed by atoms with E-state index in [-0.39, 0.29) is 16.4 Å². The third-order valence-electron chi connectivity index (χ3n) is 12.2. The van der Waals surface area contributed by atoms with Crippen LogP contribution in [0.1, 0.15) is 113 Å². The standard InChI is InChI=1S/C50H57N3O2/c1-30-20-32(3)44(33(4)21-30)34-22-35(47-52-50(11,29-54-47)36-14-12-13-15-36)24-40(23-34)55-41-26-38(49(8,9)10)25-39(28-41)53-43-17-16-37(48(5,6)7)27-42(43)45-31(2)18-19-51-46(45)53/h16-28,36H,12-15,29H2,1-11H3/t50-/m0/s1. The Kier molecular flexibility index (Phi) is 9.02. The average molecular weight is 732 g/mol. The number of aryl methyl sites for hydroxylation is 4. The van der Waals surface area contributed by atoms with Crippen LogP contribution in [-0.2, 0) is 15.6 Å². The maximum absolute atomic E-state index is 7.04. The Morgan fingerprint density at radius 2 is 1.40 bits per heavy atom. The maximum atomic E-state index is 7.04. The SMILES string of the molecule is Cc1cc(C)c(-c2cc(Oc3cc(-n4c5ccc(C(C)(C)C)cc5c5c(C)ccnc54)cc(C(C)(C)C)c3)cc(C3=N[C@](C)(C4CCCC4)CO3)c2)c(C)c1. The molecule has 6 aromatic rings. The van der Waals surface area contributed by atoms with Gasteiger partial charge in [0.1, 0.15) is 23.8 Å². The molecule has 1 aliphatic heterocycles. The lowest BCUT2D eigenvalue weighted by molar-refractivity contribution is 0.207. The first-order valence-corrected chi connectivity index (χ1v) is 20.2. The number of rotatable bonds is 6. The topological polar surface area (TPSA) is 48.6 Å². The van der Waals surface area contributed by atoms with Gasteiger partial charge in [-0.25, -0.2) is 9.98 Å². The monoisotopic (exact) mass is 731 g/mol. The van der Waals surface area contributed by atoms with Crippen molar-refractivity contribution in [1.29, 1.82) is 0 Å². The molecule has 1 aliphatic carbocycles. The molecule has 2 aromatic heterocycles. The fraction of sp³-hybridized carbons (Fsp3) is 0.400. The minimum Gasteiger partial charge on any atom is -0.475 e. The van der Waals surface area contributed by atoms with Gasteiger partial charge >= 0.3 is 0 Å². The number of ether oxygens (including phenoxy) is 2. The van der Waals surface area contributed by atoms with Crippen LogP contribution in [0.15, 0.2) is 84.0 Å². The summed E-state index contributed by atoms with van der Waals surface area (Å²) in [6.45, 7) is 25.3. The highest BCUT2D eigenvalue weighted by molar-refractivity contribution is 6.09. The highest BCUT2D eigenvalue weighted by atomic mass is 16.5. The molecule has 5 heteroatoms. The number of benzene rings is 4. The quantitative estimate of drug-likeness (QED) is 0.171. The molecule has 5 nitrogen and oxygen atoms in total. The summed E-state index contributed by atoms with van der Waals surface area (Å²) in [5.41, 5.74) is 13.6. The summed E-state index contributed by atoms with van der Waals surface area (Å²) in [4.78, 5) is 10.3. The molecule has 2 aliphatic rings. The fourth-order valence-electron chi connectivity index (χ4n) is 9.14. The van der Waals surface area contributed by atoms with Crippen LogP contribution in [0, 0.1) is 33.6 Å². The summed E-state index contributed by atoms with van der Waals surface area (Å²) in [7, 11) is 0. The zero-order chi connectivity index (χ0) is 39.0. The summed E-state index contributed by atoms with van der Waals surface area (Å²) < 4.78 is 15.8. The summed E-state index contributed by atoms with van der Waals surface area (Å²) in [5, 5.41) is 2.41. The Bertz CT molecular complexity index is 2480. The van der Waals surface area contributed by atoms with E-state index in [2.05, 4.69) is 154 Å². The second-order valence-electron chi connectivity index (χ2n) is 18.8. The van der Waals surface area contributed by atoms with E-state index in [4.69, 9.17) is 19.5 Å². The van der Waals surface area contributed by atoms with Crippen molar-refractivity contribution in [3.05, 3.63) is 118 Å². The molecule has 284 valence electrons. The van der Waals surface area contributed by atoms with Gasteiger partial charge in [-0.3, -0.25) is 4.57 Å². The van der Waals surface area contributed by atoms with Crippen molar-refractivity contribution in [2.45, 2.75) is 118 Å². The molecule has 0 N–H and O–H groups in total. The van der Waals surface area contributed by atoms with Gasteiger partial charge in [-0.05, 0) is 152 Å². The van der Waals surface area contributed by atoms with E-state index < -0.39 is 0 Å². The third kappa shape index (κ3) is 6.85. The summed E-state index contributed by atoms with van der Waals surface area (Å²) in [6.07, 6.45) is 6.93. The van der Waals surface area contributed by atoms with Crippen molar-refractivity contribution < 1.29 is 9.47 Å². The number of fused-ring (bicyclic) bond motifs is 3. The van der Waals surface area contributed by atoms with Gasteiger partial charge < -0.3 is 9.47 Å². The molecule has 0 spiro atoms. The van der Waals surface area contributed by atoms with Crippen molar-refractivity contribution >= 4 is 27.8 Å². The van der Waals surface area contributed by atoms with Crippen LogP contribution >= 0.6 is 0 Å². The van der Waals surface area contributed by atoms with E-state index in [1.807, 2.05) is 6.20 Å². The van der Waals surface area contributed by atoms with Gasteiger partial charge in [-0.15, -0.1) is 0 Å². The summed E-state index contributed by atoms with van der Waals surface area (Å²) in [5.74, 6) is 2.81. The molecule has 1 saturated carbocycles. The van der Waals surface area contributed by atoms with Crippen LogP contribution in [0.2, 0.25) is 0 Å².